The van der Waals surface area contributed by atoms with Crippen molar-refractivity contribution in [1.29, 1.82) is 0 Å². The number of anilines is 1. The van der Waals surface area contributed by atoms with Gasteiger partial charge in [0.05, 0.1) is 11.2 Å². The first-order chi connectivity index (χ1) is 7.21. The predicted octanol–water partition coefficient (Wildman–Crippen LogP) is 2.74. The van der Waals surface area contributed by atoms with Gasteiger partial charge in [-0.1, -0.05) is 13.8 Å². The van der Waals surface area contributed by atoms with Crippen LogP contribution in [0.1, 0.15) is 52.3 Å². The van der Waals surface area contributed by atoms with E-state index >= 15 is 0 Å². The highest BCUT2D eigenvalue weighted by Gasteiger charge is 2.31. The molecule has 1 aromatic heterocycles. The van der Waals surface area contributed by atoms with Crippen molar-refractivity contribution in [2.75, 3.05) is 5.73 Å². The van der Waals surface area contributed by atoms with Crippen LogP contribution in [0.25, 0.3) is 0 Å². The van der Waals surface area contributed by atoms with E-state index in [-0.39, 0.29) is 5.54 Å². The van der Waals surface area contributed by atoms with Crippen LogP contribution in [0.4, 0.5) is 5.82 Å². The second-order valence-electron chi connectivity index (χ2n) is 6.73. The molecule has 90 valence electrons. The van der Waals surface area contributed by atoms with E-state index in [1.54, 1.807) is 0 Å². The lowest BCUT2D eigenvalue weighted by Gasteiger charge is -2.28. The number of rotatable bonds is 0. The molecule has 0 radical (unpaired) electrons. The molecule has 0 unspecified atom stereocenters. The maximum Gasteiger partial charge on any atom is 0.125 e. The van der Waals surface area contributed by atoms with E-state index in [9.17, 15) is 0 Å². The number of hydrogen-bond donors (Lipinski definition) is 1. The van der Waals surface area contributed by atoms with Gasteiger partial charge in [-0.05, 0) is 45.4 Å². The van der Waals surface area contributed by atoms with Crippen molar-refractivity contribution < 1.29 is 0 Å². The Bertz CT molecular complexity index is 408. The Labute approximate surface area is 98.0 Å². The molecule has 1 aliphatic carbocycles. The van der Waals surface area contributed by atoms with Gasteiger partial charge in [-0.2, -0.15) is 5.10 Å². The molecule has 0 fully saturated rings. The van der Waals surface area contributed by atoms with Crippen LogP contribution >= 0.6 is 0 Å². The Morgan fingerprint density at radius 2 is 1.94 bits per heavy atom. The van der Waals surface area contributed by atoms with E-state index < -0.39 is 0 Å². The molecule has 3 heteroatoms. The minimum atomic E-state index is -0.0223. The molecule has 0 saturated carbocycles. The molecule has 1 aliphatic rings. The van der Waals surface area contributed by atoms with Crippen LogP contribution in [0, 0.1) is 5.41 Å². The Balaban J connectivity index is 2.47. The number of hydrogen-bond acceptors (Lipinski definition) is 2. The molecule has 3 nitrogen and oxygen atoms in total. The van der Waals surface area contributed by atoms with E-state index in [2.05, 4.69) is 39.7 Å². The first-order valence-electron chi connectivity index (χ1n) is 6.07. The van der Waals surface area contributed by atoms with Crippen molar-refractivity contribution >= 4 is 5.82 Å². The maximum absolute atomic E-state index is 6.23. The third-order valence-corrected chi connectivity index (χ3v) is 3.44. The molecular formula is C13H23N3. The lowest BCUT2D eigenvalue weighted by atomic mass is 9.76. The number of aromatic nitrogens is 2. The topological polar surface area (TPSA) is 43.8 Å². The van der Waals surface area contributed by atoms with Gasteiger partial charge in [-0.25, -0.2) is 4.68 Å². The fraction of sp³-hybridized carbons (Fsp3) is 0.769. The summed E-state index contributed by atoms with van der Waals surface area (Å²) in [7, 11) is 0. The predicted molar refractivity (Wildman–Crippen MR) is 67.4 cm³/mol. The van der Waals surface area contributed by atoms with Crippen LogP contribution in [0.15, 0.2) is 0 Å². The van der Waals surface area contributed by atoms with Gasteiger partial charge in [0, 0.05) is 5.56 Å². The summed E-state index contributed by atoms with van der Waals surface area (Å²) in [5.41, 5.74) is 9.08. The number of aryl methyl sites for hydroxylation is 1. The highest BCUT2D eigenvalue weighted by molar-refractivity contribution is 5.46. The number of nitrogens with two attached hydrogens (primary N) is 1. The Morgan fingerprint density at radius 1 is 1.31 bits per heavy atom. The summed E-state index contributed by atoms with van der Waals surface area (Å²) in [6.45, 7) is 11.1. The first kappa shape index (κ1) is 11.5. The van der Waals surface area contributed by atoms with Crippen molar-refractivity contribution in [3.63, 3.8) is 0 Å². The molecule has 0 aromatic carbocycles. The molecule has 1 aromatic rings. The monoisotopic (exact) mass is 221 g/mol. The van der Waals surface area contributed by atoms with Crippen LogP contribution in [0.2, 0.25) is 0 Å². The van der Waals surface area contributed by atoms with Gasteiger partial charge in [-0.15, -0.1) is 0 Å². The van der Waals surface area contributed by atoms with E-state index in [4.69, 9.17) is 5.73 Å². The fourth-order valence-electron chi connectivity index (χ4n) is 2.44. The molecule has 0 spiro atoms. The summed E-state index contributed by atoms with van der Waals surface area (Å²) in [5, 5.41) is 4.68. The summed E-state index contributed by atoms with van der Waals surface area (Å²) in [4.78, 5) is 0. The third kappa shape index (κ3) is 1.83. The van der Waals surface area contributed by atoms with Gasteiger partial charge in [0.15, 0.2) is 0 Å². The standard InChI is InChI=1S/C13H23N3/c1-12(2,3)16-11(14)9-8-13(4,5)7-6-10(9)15-16/h6-8,14H2,1-5H3. The normalized spacial score (nSPS) is 19.6. The minimum Gasteiger partial charge on any atom is -0.384 e. The van der Waals surface area contributed by atoms with Crippen LogP contribution in [0.3, 0.4) is 0 Å². The Kier molecular flexibility index (Phi) is 2.34. The third-order valence-electron chi connectivity index (χ3n) is 3.44. The molecule has 0 amide bonds. The van der Waals surface area contributed by atoms with Gasteiger partial charge < -0.3 is 5.73 Å². The van der Waals surface area contributed by atoms with Crippen molar-refractivity contribution in [3.8, 4) is 0 Å². The van der Waals surface area contributed by atoms with Gasteiger partial charge in [0.2, 0.25) is 0 Å². The Morgan fingerprint density at radius 3 is 2.50 bits per heavy atom. The molecule has 2 rings (SSSR count). The summed E-state index contributed by atoms with van der Waals surface area (Å²) in [5.74, 6) is 0.871. The van der Waals surface area contributed by atoms with Gasteiger partial charge in [0.25, 0.3) is 0 Å². The number of nitrogens with zero attached hydrogens (tertiary/aromatic N) is 2. The van der Waals surface area contributed by atoms with E-state index in [0.29, 0.717) is 5.41 Å². The second-order valence-corrected chi connectivity index (χ2v) is 6.73. The zero-order valence-corrected chi connectivity index (χ0v) is 11.1. The zero-order chi connectivity index (χ0) is 12.1. The first-order valence-corrected chi connectivity index (χ1v) is 6.07. The number of fused-ring (bicyclic) bond motifs is 1. The lowest BCUT2D eigenvalue weighted by molar-refractivity contribution is 0.313. The minimum absolute atomic E-state index is 0.0223. The molecule has 16 heavy (non-hydrogen) atoms. The molecule has 1 heterocycles. The van der Waals surface area contributed by atoms with E-state index in [1.165, 1.54) is 17.7 Å². The van der Waals surface area contributed by atoms with E-state index in [1.807, 2.05) is 4.68 Å². The van der Waals surface area contributed by atoms with Crippen LogP contribution in [0.5, 0.6) is 0 Å². The summed E-state index contributed by atoms with van der Waals surface area (Å²) in [6, 6.07) is 0. The van der Waals surface area contributed by atoms with Crippen molar-refractivity contribution in [1.82, 2.24) is 9.78 Å². The lowest BCUT2D eigenvalue weighted by Crippen LogP contribution is -2.25. The average Bonchev–Trinajstić information content (AvgIpc) is 2.41. The average molecular weight is 221 g/mol. The van der Waals surface area contributed by atoms with Crippen molar-refractivity contribution in [2.45, 2.75) is 59.4 Å². The largest absolute Gasteiger partial charge is 0.384 e. The highest BCUT2D eigenvalue weighted by Crippen LogP contribution is 2.38. The zero-order valence-electron chi connectivity index (χ0n) is 11.1. The molecule has 0 bridgehead atoms. The highest BCUT2D eigenvalue weighted by atomic mass is 15.3. The van der Waals surface area contributed by atoms with Gasteiger partial charge in [-0.3, -0.25) is 0 Å². The van der Waals surface area contributed by atoms with E-state index in [0.717, 1.165) is 18.7 Å². The number of nitrogen functional groups attached to an aromatic ring is 1. The SMILES string of the molecule is CC1(C)CCc2nn(C(C)(C)C)c(N)c2C1. The molecular weight excluding hydrogens is 198 g/mol. The maximum atomic E-state index is 6.23. The summed E-state index contributed by atoms with van der Waals surface area (Å²) < 4.78 is 1.99. The molecule has 0 atom stereocenters. The summed E-state index contributed by atoms with van der Waals surface area (Å²) in [6.07, 6.45) is 3.33. The van der Waals surface area contributed by atoms with Gasteiger partial charge in [0.1, 0.15) is 5.82 Å². The van der Waals surface area contributed by atoms with Crippen LogP contribution < -0.4 is 5.73 Å². The molecule has 2 N–H and O–H groups in total. The van der Waals surface area contributed by atoms with Crippen molar-refractivity contribution in [3.05, 3.63) is 11.3 Å². The summed E-state index contributed by atoms with van der Waals surface area (Å²) >= 11 is 0. The molecule has 0 aliphatic heterocycles. The second kappa shape index (κ2) is 3.25. The smallest absolute Gasteiger partial charge is 0.125 e. The quantitative estimate of drug-likeness (QED) is 0.732. The van der Waals surface area contributed by atoms with Crippen LogP contribution in [-0.4, -0.2) is 9.78 Å². The Hall–Kier alpha value is -0.990. The van der Waals surface area contributed by atoms with Crippen LogP contribution in [-0.2, 0) is 18.4 Å². The van der Waals surface area contributed by atoms with Gasteiger partial charge >= 0.3 is 0 Å². The molecule has 0 saturated heterocycles. The fourth-order valence-corrected chi connectivity index (χ4v) is 2.44. The van der Waals surface area contributed by atoms with Crippen molar-refractivity contribution in [2.24, 2.45) is 5.41 Å².